The van der Waals surface area contributed by atoms with Crippen LogP contribution in [-0.2, 0) is 23.0 Å². The third-order valence-corrected chi connectivity index (χ3v) is 5.95. The van der Waals surface area contributed by atoms with Gasteiger partial charge in [-0.3, -0.25) is 19.4 Å². The molecule has 0 saturated carbocycles. The second-order valence-corrected chi connectivity index (χ2v) is 7.95. The summed E-state index contributed by atoms with van der Waals surface area (Å²) >= 11 is 0. The summed E-state index contributed by atoms with van der Waals surface area (Å²) in [4.78, 5) is 19.6. The summed E-state index contributed by atoms with van der Waals surface area (Å²) in [5, 5.41) is 6.43. The molecule has 0 radical (unpaired) electrons. The van der Waals surface area contributed by atoms with Gasteiger partial charge in [-0.25, -0.2) is 0 Å². The standard InChI is InChI=1S/C22H24N4O2/c1-25-11-18(10-24-25)15-2-3-16-9-23-19(7-17(16)6-15)8-22(27)12-26-20-4-5-21(26)14-28-13-20/h2-3,6-7,9-11,20-21H,4-5,8,12-14H2,1H3. The lowest BCUT2D eigenvalue weighted by Gasteiger charge is -2.33. The lowest BCUT2D eigenvalue weighted by Crippen LogP contribution is -2.48. The van der Waals surface area contributed by atoms with Crippen LogP contribution in [0, 0.1) is 0 Å². The van der Waals surface area contributed by atoms with Crippen LogP contribution in [0.25, 0.3) is 21.9 Å². The number of nitrogens with zero attached hydrogens (tertiary/aromatic N) is 4. The maximum atomic E-state index is 12.7. The topological polar surface area (TPSA) is 60.2 Å². The number of rotatable bonds is 5. The van der Waals surface area contributed by atoms with Crippen molar-refractivity contribution >= 4 is 16.6 Å². The third-order valence-electron chi connectivity index (χ3n) is 5.95. The Bertz CT molecular complexity index is 1010. The van der Waals surface area contributed by atoms with Crippen molar-refractivity contribution in [1.82, 2.24) is 19.7 Å². The van der Waals surface area contributed by atoms with E-state index in [1.807, 2.05) is 31.7 Å². The van der Waals surface area contributed by atoms with Crippen molar-refractivity contribution in [1.29, 1.82) is 0 Å². The Labute approximate surface area is 164 Å². The van der Waals surface area contributed by atoms with Crippen molar-refractivity contribution in [2.24, 2.45) is 7.05 Å². The van der Waals surface area contributed by atoms with Gasteiger partial charge in [0.15, 0.2) is 5.78 Å². The molecule has 4 heterocycles. The second-order valence-electron chi connectivity index (χ2n) is 7.95. The highest BCUT2D eigenvalue weighted by Crippen LogP contribution is 2.28. The number of hydrogen-bond acceptors (Lipinski definition) is 5. The van der Waals surface area contributed by atoms with Gasteiger partial charge in [0.1, 0.15) is 0 Å². The summed E-state index contributed by atoms with van der Waals surface area (Å²) in [5.74, 6) is 0.231. The van der Waals surface area contributed by atoms with Crippen LogP contribution in [-0.4, -0.2) is 57.3 Å². The number of morpholine rings is 1. The van der Waals surface area contributed by atoms with Crippen molar-refractivity contribution in [3.8, 4) is 11.1 Å². The minimum Gasteiger partial charge on any atom is -0.378 e. The number of pyridine rings is 1. The van der Waals surface area contributed by atoms with Gasteiger partial charge >= 0.3 is 0 Å². The van der Waals surface area contributed by atoms with Crippen LogP contribution in [0.1, 0.15) is 18.5 Å². The fourth-order valence-corrected chi connectivity index (χ4v) is 4.47. The first-order valence-corrected chi connectivity index (χ1v) is 9.88. The number of hydrogen-bond donors (Lipinski definition) is 0. The summed E-state index contributed by atoms with van der Waals surface area (Å²) in [6.07, 6.45) is 8.40. The van der Waals surface area contributed by atoms with E-state index in [1.165, 1.54) is 0 Å². The number of fused-ring (bicyclic) bond motifs is 3. The monoisotopic (exact) mass is 376 g/mol. The zero-order chi connectivity index (χ0) is 19.1. The minimum atomic E-state index is 0.231. The molecule has 5 rings (SSSR count). The number of carbonyl (C=O) groups excluding carboxylic acids is 1. The molecule has 2 atom stereocenters. The fraction of sp³-hybridized carbons (Fsp3) is 0.409. The van der Waals surface area contributed by atoms with Gasteiger partial charge in [-0.05, 0) is 35.9 Å². The van der Waals surface area contributed by atoms with Gasteiger partial charge in [0.05, 0.1) is 32.4 Å². The van der Waals surface area contributed by atoms with Crippen LogP contribution >= 0.6 is 0 Å². The average Bonchev–Trinajstić information content (AvgIpc) is 3.20. The summed E-state index contributed by atoms with van der Waals surface area (Å²) in [5.41, 5.74) is 3.04. The highest BCUT2D eigenvalue weighted by Gasteiger charge is 2.37. The third kappa shape index (κ3) is 3.34. The van der Waals surface area contributed by atoms with Crippen molar-refractivity contribution in [2.75, 3.05) is 19.8 Å². The molecule has 6 heteroatoms. The smallest absolute Gasteiger partial charge is 0.152 e. The van der Waals surface area contributed by atoms with Crippen LogP contribution in [0.3, 0.4) is 0 Å². The quantitative estimate of drug-likeness (QED) is 0.685. The van der Waals surface area contributed by atoms with Gasteiger partial charge in [0.2, 0.25) is 0 Å². The molecule has 0 spiro atoms. The Morgan fingerprint density at radius 1 is 1.11 bits per heavy atom. The van der Waals surface area contributed by atoms with Gasteiger partial charge in [0.25, 0.3) is 0 Å². The van der Waals surface area contributed by atoms with Crippen molar-refractivity contribution in [3.05, 3.63) is 48.5 Å². The van der Waals surface area contributed by atoms with Crippen LogP contribution in [0.4, 0.5) is 0 Å². The molecule has 3 aromatic rings. The van der Waals surface area contributed by atoms with Gasteiger partial charge in [-0.15, -0.1) is 0 Å². The highest BCUT2D eigenvalue weighted by atomic mass is 16.5. The zero-order valence-corrected chi connectivity index (χ0v) is 16.0. The highest BCUT2D eigenvalue weighted by molar-refractivity contribution is 5.88. The minimum absolute atomic E-state index is 0.231. The summed E-state index contributed by atoms with van der Waals surface area (Å²) in [7, 11) is 1.92. The van der Waals surface area contributed by atoms with Crippen molar-refractivity contribution in [3.63, 3.8) is 0 Å². The number of aromatic nitrogens is 3. The molecule has 0 amide bonds. The van der Waals surface area contributed by atoms with Crippen LogP contribution in [0.15, 0.2) is 42.9 Å². The number of Topliss-reactive ketones (excluding diaryl/α,β-unsaturated/α-hetero) is 1. The molecule has 2 aliphatic heterocycles. The first-order chi connectivity index (χ1) is 13.7. The maximum absolute atomic E-state index is 12.7. The van der Waals surface area contributed by atoms with E-state index in [4.69, 9.17) is 4.74 Å². The van der Waals surface area contributed by atoms with Crippen molar-refractivity contribution in [2.45, 2.75) is 31.3 Å². The Morgan fingerprint density at radius 2 is 1.93 bits per heavy atom. The van der Waals surface area contributed by atoms with E-state index in [-0.39, 0.29) is 5.78 Å². The molecule has 2 saturated heterocycles. The van der Waals surface area contributed by atoms with E-state index in [0.717, 1.165) is 53.6 Å². The van der Waals surface area contributed by atoms with Crippen LogP contribution in [0.2, 0.25) is 0 Å². The van der Waals surface area contributed by atoms with E-state index >= 15 is 0 Å². The molecule has 2 fully saturated rings. The molecule has 2 aliphatic rings. The van der Waals surface area contributed by atoms with E-state index in [1.54, 1.807) is 4.68 Å². The molecule has 144 valence electrons. The predicted octanol–water partition coefficient (Wildman–Crippen LogP) is 2.61. The maximum Gasteiger partial charge on any atom is 0.152 e. The van der Waals surface area contributed by atoms with Crippen molar-refractivity contribution < 1.29 is 9.53 Å². The molecular weight excluding hydrogens is 352 g/mol. The molecule has 0 N–H and O–H groups in total. The lowest BCUT2D eigenvalue weighted by atomic mass is 10.0. The first-order valence-electron chi connectivity index (χ1n) is 9.88. The Balaban J connectivity index is 1.33. The molecule has 2 unspecified atom stereocenters. The Hall–Kier alpha value is -2.57. The molecule has 6 nitrogen and oxygen atoms in total. The number of carbonyl (C=O) groups is 1. The number of ketones is 1. The largest absolute Gasteiger partial charge is 0.378 e. The zero-order valence-electron chi connectivity index (χ0n) is 16.0. The normalized spacial score (nSPS) is 22.0. The van der Waals surface area contributed by atoms with Gasteiger partial charge < -0.3 is 4.74 Å². The Morgan fingerprint density at radius 3 is 2.68 bits per heavy atom. The summed E-state index contributed by atoms with van der Waals surface area (Å²) < 4.78 is 7.41. The number of ether oxygens (including phenoxy) is 1. The number of aryl methyl sites for hydroxylation is 1. The van der Waals surface area contributed by atoms with E-state index in [0.29, 0.717) is 25.0 Å². The predicted molar refractivity (Wildman–Crippen MR) is 107 cm³/mol. The average molecular weight is 376 g/mol. The summed E-state index contributed by atoms with van der Waals surface area (Å²) in [6.45, 7) is 2.03. The Kier molecular flexibility index (Phi) is 4.45. The molecule has 0 aliphatic carbocycles. The summed E-state index contributed by atoms with van der Waals surface area (Å²) in [6, 6.07) is 9.16. The second kappa shape index (κ2) is 7.11. The number of benzene rings is 1. The van der Waals surface area contributed by atoms with Crippen LogP contribution < -0.4 is 0 Å². The first kappa shape index (κ1) is 17.5. The van der Waals surface area contributed by atoms with Crippen LogP contribution in [0.5, 0.6) is 0 Å². The molecular formula is C22H24N4O2. The SMILES string of the molecule is Cn1cc(-c2ccc3cnc(CC(=O)CN4C5CCC4COC5)cc3c2)cn1. The fourth-order valence-electron chi connectivity index (χ4n) is 4.47. The van der Waals surface area contributed by atoms with Gasteiger partial charge in [0, 0.05) is 48.2 Å². The molecule has 2 bridgehead atoms. The van der Waals surface area contributed by atoms with E-state index in [9.17, 15) is 4.79 Å². The molecule has 2 aromatic heterocycles. The van der Waals surface area contributed by atoms with E-state index < -0.39 is 0 Å². The van der Waals surface area contributed by atoms with Gasteiger partial charge in [-0.2, -0.15) is 5.10 Å². The van der Waals surface area contributed by atoms with Gasteiger partial charge in [-0.1, -0.05) is 12.1 Å². The lowest BCUT2D eigenvalue weighted by molar-refractivity contribution is -0.122. The van der Waals surface area contributed by atoms with E-state index in [2.05, 4.69) is 33.2 Å². The molecule has 1 aromatic carbocycles. The molecule has 28 heavy (non-hydrogen) atoms.